The van der Waals surface area contributed by atoms with Gasteiger partial charge in [-0.2, -0.15) is 23.0 Å². The Hall–Kier alpha value is -1.76. The van der Waals surface area contributed by atoms with E-state index in [0.29, 0.717) is 32.5 Å². The number of benzene rings is 1. The highest BCUT2D eigenvalue weighted by molar-refractivity contribution is 14.1. The van der Waals surface area contributed by atoms with Crippen molar-refractivity contribution in [1.29, 1.82) is 0 Å². The van der Waals surface area contributed by atoms with Gasteiger partial charge in [-0.25, -0.2) is 9.07 Å². The van der Waals surface area contributed by atoms with Crippen LogP contribution in [0.15, 0.2) is 24.4 Å². The molecular weight excluding hydrogens is 677 g/mol. The van der Waals surface area contributed by atoms with Crippen LogP contribution in [0.4, 0.5) is 17.6 Å². The number of hydrogen-bond acceptors (Lipinski definition) is 5. The number of alkyl halides is 3. The molecule has 2 aromatic heterocycles. The molecule has 2 heterocycles. The van der Waals surface area contributed by atoms with E-state index in [0.717, 1.165) is 24.2 Å². The molecule has 40 heavy (non-hydrogen) atoms. The number of pyridine rings is 1. The van der Waals surface area contributed by atoms with Gasteiger partial charge in [0.05, 0.1) is 22.9 Å². The average Bonchev–Trinajstić information content (AvgIpc) is 3.09. The number of rotatable bonds is 13. The molecule has 0 saturated carbocycles. The summed E-state index contributed by atoms with van der Waals surface area (Å²) in [5.74, 6) is -1.27. The highest BCUT2D eigenvalue weighted by atomic mass is 127. The SMILES string of the molecule is C[Si](C)(C)CCOCOc1cc(CC(F)(F)F)c(-c2cc3c(c[n+]2[O-])c(I)nn3COCC[Si](C)(C)C)cc1F. The van der Waals surface area contributed by atoms with Crippen molar-refractivity contribution in [2.75, 3.05) is 20.0 Å². The Morgan fingerprint density at radius 2 is 1.62 bits per heavy atom. The van der Waals surface area contributed by atoms with Crippen LogP contribution in [-0.2, 0) is 22.6 Å². The summed E-state index contributed by atoms with van der Waals surface area (Å²) in [6.45, 7) is 14.0. The third-order valence-electron chi connectivity index (χ3n) is 6.07. The second-order valence-electron chi connectivity index (χ2n) is 12.1. The Kier molecular flexibility index (Phi) is 10.7. The molecular formula is C26H36F4IN3O4Si2. The van der Waals surface area contributed by atoms with E-state index < -0.39 is 34.6 Å². The molecule has 0 unspecified atom stereocenters. The first-order valence-corrected chi connectivity index (χ1v) is 21.4. The quantitative estimate of drug-likeness (QED) is 0.0357. The van der Waals surface area contributed by atoms with Gasteiger partial charge in [-0.3, -0.25) is 0 Å². The molecule has 0 fully saturated rings. The van der Waals surface area contributed by atoms with E-state index in [9.17, 15) is 18.4 Å². The number of ether oxygens (including phenoxy) is 3. The van der Waals surface area contributed by atoms with E-state index in [4.69, 9.17) is 14.2 Å². The highest BCUT2D eigenvalue weighted by Crippen LogP contribution is 2.34. The molecule has 0 amide bonds. The van der Waals surface area contributed by atoms with Crippen LogP contribution in [0.3, 0.4) is 0 Å². The summed E-state index contributed by atoms with van der Waals surface area (Å²) in [5.41, 5.74) is -0.111. The Labute approximate surface area is 247 Å². The zero-order chi connectivity index (χ0) is 29.9. The van der Waals surface area contributed by atoms with Crippen molar-refractivity contribution in [1.82, 2.24) is 9.78 Å². The van der Waals surface area contributed by atoms with Gasteiger partial charge >= 0.3 is 6.18 Å². The molecule has 0 aliphatic rings. The lowest BCUT2D eigenvalue weighted by Crippen LogP contribution is -2.29. The van der Waals surface area contributed by atoms with E-state index in [1.807, 2.05) is 22.6 Å². The lowest BCUT2D eigenvalue weighted by molar-refractivity contribution is -0.592. The van der Waals surface area contributed by atoms with Gasteiger partial charge in [0.15, 0.2) is 24.6 Å². The van der Waals surface area contributed by atoms with Crippen LogP contribution in [0.1, 0.15) is 5.56 Å². The number of aromatic nitrogens is 3. The smallest absolute Gasteiger partial charge is 0.393 e. The molecule has 1 aromatic carbocycles. The third-order valence-corrected chi connectivity index (χ3v) is 10.3. The largest absolute Gasteiger partial charge is 0.618 e. The standard InChI is InChI=1S/C26H36F4IN3O4Si2/c1-39(2,3)9-7-36-16-33-22-13-23(34(35)15-20(22)25(31)32-33)19-12-21(27)24(11-18(19)14-26(28,29)30)38-17-37-8-10-40(4,5)6/h11-13,15H,7-10,14,16-17H2,1-6H3. The summed E-state index contributed by atoms with van der Waals surface area (Å²) in [6, 6.07) is 5.14. The monoisotopic (exact) mass is 713 g/mol. The Balaban J connectivity index is 1.94. The molecule has 3 aromatic rings. The number of nitrogens with zero attached hydrogens (tertiary/aromatic N) is 3. The van der Waals surface area contributed by atoms with Crippen molar-refractivity contribution in [2.24, 2.45) is 0 Å². The first-order valence-electron chi connectivity index (χ1n) is 12.9. The van der Waals surface area contributed by atoms with Crippen LogP contribution in [0, 0.1) is 14.7 Å². The second kappa shape index (κ2) is 13.0. The van der Waals surface area contributed by atoms with Crippen LogP contribution in [0.5, 0.6) is 5.75 Å². The van der Waals surface area contributed by atoms with Crippen molar-refractivity contribution in [2.45, 2.75) is 70.7 Å². The van der Waals surface area contributed by atoms with Gasteiger partial charge < -0.3 is 19.4 Å². The maximum Gasteiger partial charge on any atom is 0.393 e. The predicted octanol–water partition coefficient (Wildman–Crippen LogP) is 7.19. The Morgan fingerprint density at radius 3 is 2.23 bits per heavy atom. The molecule has 0 spiro atoms. The molecule has 0 saturated heterocycles. The van der Waals surface area contributed by atoms with Crippen LogP contribution >= 0.6 is 22.6 Å². The molecule has 0 atom stereocenters. The zero-order valence-corrected chi connectivity index (χ0v) is 27.8. The van der Waals surface area contributed by atoms with Gasteiger partial charge in [0.25, 0.3) is 0 Å². The first kappa shape index (κ1) is 32.8. The molecule has 222 valence electrons. The van der Waals surface area contributed by atoms with Crippen molar-refractivity contribution >= 4 is 49.6 Å². The first-order chi connectivity index (χ1) is 18.4. The van der Waals surface area contributed by atoms with E-state index in [1.165, 1.54) is 12.3 Å². The van der Waals surface area contributed by atoms with Gasteiger partial charge in [0.1, 0.15) is 10.4 Å². The van der Waals surface area contributed by atoms with Gasteiger partial charge in [0, 0.05) is 35.4 Å². The fourth-order valence-electron chi connectivity index (χ4n) is 3.78. The zero-order valence-electron chi connectivity index (χ0n) is 23.6. The molecule has 14 heteroatoms. The Bertz CT molecular complexity index is 1320. The molecule has 0 aliphatic carbocycles. The van der Waals surface area contributed by atoms with Crippen molar-refractivity contribution in [3.05, 3.63) is 44.7 Å². The topological polar surface area (TPSA) is 72.5 Å². The van der Waals surface area contributed by atoms with Crippen molar-refractivity contribution in [3.63, 3.8) is 0 Å². The maximum absolute atomic E-state index is 15.1. The minimum atomic E-state index is -4.60. The second-order valence-corrected chi connectivity index (χ2v) is 24.4. The summed E-state index contributed by atoms with van der Waals surface area (Å²) in [6.07, 6.45) is -4.73. The number of hydrogen-bond donors (Lipinski definition) is 0. The highest BCUT2D eigenvalue weighted by Gasteiger charge is 2.32. The van der Waals surface area contributed by atoms with Gasteiger partial charge in [-0.15, -0.1) is 0 Å². The van der Waals surface area contributed by atoms with Gasteiger partial charge in [-0.05, 0) is 52.4 Å². The summed E-state index contributed by atoms with van der Waals surface area (Å²) in [7, 11) is -2.65. The predicted molar refractivity (Wildman–Crippen MR) is 160 cm³/mol. The van der Waals surface area contributed by atoms with Crippen LogP contribution in [0.2, 0.25) is 51.4 Å². The van der Waals surface area contributed by atoms with Crippen LogP contribution in [-0.4, -0.2) is 52.1 Å². The number of fused-ring (bicyclic) bond motifs is 1. The van der Waals surface area contributed by atoms with Crippen LogP contribution < -0.4 is 9.47 Å². The van der Waals surface area contributed by atoms with Crippen LogP contribution in [0.25, 0.3) is 22.2 Å². The Morgan fingerprint density at radius 1 is 1.00 bits per heavy atom. The molecule has 7 nitrogen and oxygen atoms in total. The van der Waals surface area contributed by atoms with E-state index in [-0.39, 0.29) is 36.1 Å². The number of halogens is 5. The summed E-state index contributed by atoms with van der Waals surface area (Å²) in [5, 5.41) is 17.9. The summed E-state index contributed by atoms with van der Waals surface area (Å²) in [4.78, 5) is 0. The fraction of sp³-hybridized carbons (Fsp3) is 0.538. The molecule has 0 aliphatic heterocycles. The maximum atomic E-state index is 15.1. The van der Waals surface area contributed by atoms with Crippen molar-refractivity contribution in [3.8, 4) is 17.0 Å². The van der Waals surface area contributed by atoms with Gasteiger partial charge in [0.2, 0.25) is 5.69 Å². The summed E-state index contributed by atoms with van der Waals surface area (Å²) < 4.78 is 74.8. The average molecular weight is 714 g/mol. The van der Waals surface area contributed by atoms with Gasteiger partial charge in [-0.1, -0.05) is 39.3 Å². The lowest BCUT2D eigenvalue weighted by atomic mass is 9.99. The minimum absolute atomic E-state index is 0.112. The molecule has 0 radical (unpaired) electrons. The normalized spacial score (nSPS) is 12.9. The molecule has 3 rings (SSSR count). The summed E-state index contributed by atoms with van der Waals surface area (Å²) >= 11 is 1.98. The minimum Gasteiger partial charge on any atom is -0.618 e. The van der Waals surface area contributed by atoms with E-state index >= 15 is 4.39 Å². The van der Waals surface area contributed by atoms with E-state index in [1.54, 1.807) is 4.68 Å². The fourth-order valence-corrected chi connectivity index (χ4v) is 5.97. The lowest BCUT2D eigenvalue weighted by Gasteiger charge is -2.17. The van der Waals surface area contributed by atoms with E-state index in [2.05, 4.69) is 44.4 Å². The molecule has 0 N–H and O–H groups in total. The molecule has 0 bridgehead atoms. The third kappa shape index (κ3) is 9.67. The van der Waals surface area contributed by atoms with Crippen molar-refractivity contribution < 1.29 is 36.5 Å².